The zero-order valence-electron chi connectivity index (χ0n) is 12.6. The van der Waals surface area contributed by atoms with E-state index in [0.29, 0.717) is 0 Å². The molecule has 0 radical (unpaired) electrons. The summed E-state index contributed by atoms with van der Waals surface area (Å²) in [5.41, 5.74) is -2.03. The summed E-state index contributed by atoms with van der Waals surface area (Å²) < 4.78 is 15.6. The fourth-order valence-corrected chi connectivity index (χ4v) is 4.11. The van der Waals surface area contributed by atoms with E-state index in [0.717, 1.165) is 0 Å². The van der Waals surface area contributed by atoms with Crippen LogP contribution in [0.5, 0.6) is 0 Å². The molecule has 0 unspecified atom stereocenters. The number of esters is 1. The number of alkyl halides is 1. The van der Waals surface area contributed by atoms with Gasteiger partial charge in [0.1, 0.15) is 10.5 Å². The van der Waals surface area contributed by atoms with Gasteiger partial charge in [0, 0.05) is 14.2 Å². The lowest BCUT2D eigenvalue weighted by Gasteiger charge is -2.45. The first kappa shape index (κ1) is 19.7. The van der Waals surface area contributed by atoms with Crippen molar-refractivity contribution >= 4 is 40.8 Å². The van der Waals surface area contributed by atoms with Crippen LogP contribution in [-0.2, 0) is 19.0 Å². The number of aliphatic hydroxyl groups is 1. The van der Waals surface area contributed by atoms with E-state index in [4.69, 9.17) is 49.0 Å². The molecular formula is C14H19Cl3O5. The summed E-state index contributed by atoms with van der Waals surface area (Å²) in [5.74, 6) is -2.40. The first-order chi connectivity index (χ1) is 10.2. The van der Waals surface area contributed by atoms with E-state index in [9.17, 15) is 9.90 Å². The number of ether oxygens (including phenoxy) is 3. The number of carbonyl (C=O) groups excluding carboxylic acids is 1. The average molecular weight is 374 g/mol. The highest BCUT2D eigenvalue weighted by molar-refractivity contribution is 6.44. The largest absolute Gasteiger partial charge is 0.466 e. The molecule has 0 aromatic heterocycles. The summed E-state index contributed by atoms with van der Waals surface area (Å²) in [6.07, 6.45) is 0.968. The van der Waals surface area contributed by atoms with Crippen molar-refractivity contribution in [1.29, 1.82) is 0 Å². The number of rotatable bonds is 7. The number of methoxy groups -OCH3 is 2. The van der Waals surface area contributed by atoms with Crippen LogP contribution in [0.15, 0.2) is 22.7 Å². The smallest absolute Gasteiger partial charge is 0.309 e. The minimum absolute atomic E-state index is 0.0125. The van der Waals surface area contributed by atoms with E-state index in [1.807, 2.05) is 0 Å². The summed E-state index contributed by atoms with van der Waals surface area (Å²) in [5, 5.41) is 10.7. The fraction of sp³-hybridized carbons (Fsp3) is 0.643. The summed E-state index contributed by atoms with van der Waals surface area (Å²) in [7, 11) is 2.62. The Morgan fingerprint density at radius 2 is 1.86 bits per heavy atom. The molecule has 5 nitrogen and oxygen atoms in total. The summed E-state index contributed by atoms with van der Waals surface area (Å²) in [4.78, 5) is 10.2. The van der Waals surface area contributed by atoms with E-state index in [2.05, 4.69) is 6.58 Å². The second-order valence-corrected chi connectivity index (χ2v) is 6.19. The van der Waals surface area contributed by atoms with Crippen molar-refractivity contribution in [3.63, 3.8) is 0 Å². The number of hydrogen-bond donors (Lipinski definition) is 1. The Bertz CT molecular complexity index is 489. The maximum Gasteiger partial charge on any atom is 0.309 e. The molecule has 8 heteroatoms. The van der Waals surface area contributed by atoms with Crippen molar-refractivity contribution in [1.82, 2.24) is 0 Å². The molecule has 22 heavy (non-hydrogen) atoms. The van der Waals surface area contributed by atoms with Crippen LogP contribution in [0.3, 0.4) is 0 Å². The Hall–Kier alpha value is -0.300. The predicted octanol–water partition coefficient (Wildman–Crippen LogP) is 2.92. The lowest BCUT2D eigenvalue weighted by atomic mass is 9.81. The van der Waals surface area contributed by atoms with Gasteiger partial charge in [0.2, 0.25) is 5.79 Å². The van der Waals surface area contributed by atoms with E-state index in [1.54, 1.807) is 6.92 Å². The van der Waals surface area contributed by atoms with Crippen LogP contribution in [0.25, 0.3) is 0 Å². The van der Waals surface area contributed by atoms with E-state index in [1.165, 1.54) is 20.3 Å². The van der Waals surface area contributed by atoms with Gasteiger partial charge in [-0.3, -0.25) is 4.79 Å². The van der Waals surface area contributed by atoms with Gasteiger partial charge in [-0.15, -0.1) is 18.2 Å². The minimum Gasteiger partial charge on any atom is -0.466 e. The first-order valence-electron chi connectivity index (χ1n) is 6.55. The third-order valence-corrected chi connectivity index (χ3v) is 5.48. The maximum absolute atomic E-state index is 11.9. The number of halogens is 3. The quantitative estimate of drug-likeness (QED) is 0.322. The van der Waals surface area contributed by atoms with E-state index >= 15 is 0 Å². The van der Waals surface area contributed by atoms with Gasteiger partial charge in [0.05, 0.1) is 23.1 Å². The van der Waals surface area contributed by atoms with Gasteiger partial charge in [0.25, 0.3) is 0 Å². The van der Waals surface area contributed by atoms with Crippen LogP contribution < -0.4 is 0 Å². The molecule has 126 valence electrons. The lowest BCUT2D eigenvalue weighted by molar-refractivity contribution is -0.215. The number of hydrogen-bond acceptors (Lipinski definition) is 5. The maximum atomic E-state index is 11.9. The van der Waals surface area contributed by atoms with Gasteiger partial charge >= 0.3 is 5.97 Å². The molecule has 0 bridgehead atoms. The Morgan fingerprint density at radius 3 is 2.27 bits per heavy atom. The van der Waals surface area contributed by atoms with Crippen molar-refractivity contribution in [3.8, 4) is 0 Å². The topological polar surface area (TPSA) is 65.0 Å². The standard InChI is InChI=1S/C14H19Cl3O5/c1-5-7-13(17)12(19,8-9(18)22-6-2)10(15)11(16)14(13,20-3)21-4/h5,19H,1,6-8H2,2-4H3/t12-,13+/m0/s1. The Kier molecular flexibility index (Phi) is 6.35. The highest BCUT2D eigenvalue weighted by Gasteiger charge is 2.72. The zero-order valence-corrected chi connectivity index (χ0v) is 14.9. The second kappa shape index (κ2) is 7.07. The Labute approximate surface area is 144 Å². The van der Waals surface area contributed by atoms with Crippen LogP contribution in [0, 0.1) is 0 Å². The summed E-state index contributed by atoms with van der Waals surface area (Å²) in [6.45, 7) is 5.41. The molecule has 0 aliphatic heterocycles. The van der Waals surface area contributed by atoms with Crippen LogP contribution in [0.4, 0.5) is 0 Å². The molecule has 0 heterocycles. The van der Waals surface area contributed by atoms with Gasteiger partial charge in [-0.1, -0.05) is 29.3 Å². The molecule has 0 aromatic rings. The van der Waals surface area contributed by atoms with Gasteiger partial charge in [0.15, 0.2) is 0 Å². The van der Waals surface area contributed by atoms with Crippen LogP contribution in [-0.4, -0.2) is 48.2 Å². The zero-order chi connectivity index (χ0) is 17.2. The van der Waals surface area contributed by atoms with Crippen LogP contribution in [0.2, 0.25) is 0 Å². The molecule has 1 aliphatic rings. The monoisotopic (exact) mass is 372 g/mol. The molecule has 1 aliphatic carbocycles. The third kappa shape index (κ3) is 2.58. The van der Waals surface area contributed by atoms with Crippen molar-refractivity contribution in [2.24, 2.45) is 0 Å². The van der Waals surface area contributed by atoms with Crippen molar-refractivity contribution in [2.75, 3.05) is 20.8 Å². The predicted molar refractivity (Wildman–Crippen MR) is 85.1 cm³/mol. The molecule has 0 spiro atoms. The first-order valence-corrected chi connectivity index (χ1v) is 7.68. The van der Waals surface area contributed by atoms with Gasteiger partial charge in [-0.05, 0) is 13.3 Å². The minimum atomic E-state index is -2.03. The van der Waals surface area contributed by atoms with Crippen molar-refractivity contribution in [2.45, 2.75) is 36.0 Å². The molecule has 0 fully saturated rings. The number of carbonyl (C=O) groups is 1. The molecule has 0 aromatic carbocycles. The molecule has 2 atom stereocenters. The van der Waals surface area contributed by atoms with E-state index in [-0.39, 0.29) is 23.1 Å². The average Bonchev–Trinajstić information content (AvgIpc) is 2.58. The molecule has 0 amide bonds. The molecular weight excluding hydrogens is 355 g/mol. The summed E-state index contributed by atoms with van der Waals surface area (Å²) >= 11 is 19.1. The highest BCUT2D eigenvalue weighted by Crippen LogP contribution is 2.61. The Balaban J connectivity index is 3.47. The molecule has 0 saturated heterocycles. The third-order valence-electron chi connectivity index (χ3n) is 3.73. The van der Waals surface area contributed by atoms with Crippen LogP contribution >= 0.6 is 34.8 Å². The Morgan fingerprint density at radius 1 is 1.32 bits per heavy atom. The highest BCUT2D eigenvalue weighted by atomic mass is 35.5. The lowest BCUT2D eigenvalue weighted by Crippen LogP contribution is -2.62. The normalized spacial score (nSPS) is 30.5. The van der Waals surface area contributed by atoms with Gasteiger partial charge in [-0.2, -0.15) is 0 Å². The second-order valence-electron chi connectivity index (χ2n) is 4.79. The number of allylic oxidation sites excluding steroid dienone is 1. The fourth-order valence-electron chi connectivity index (χ4n) is 2.67. The van der Waals surface area contributed by atoms with Crippen molar-refractivity contribution < 1.29 is 24.1 Å². The van der Waals surface area contributed by atoms with Crippen molar-refractivity contribution in [3.05, 3.63) is 22.7 Å². The molecule has 1 rings (SSSR count). The van der Waals surface area contributed by atoms with E-state index < -0.39 is 28.7 Å². The van der Waals surface area contributed by atoms with Gasteiger partial charge < -0.3 is 19.3 Å². The molecule has 1 N–H and O–H groups in total. The summed E-state index contributed by atoms with van der Waals surface area (Å²) in [6, 6.07) is 0. The van der Waals surface area contributed by atoms with Crippen LogP contribution in [0.1, 0.15) is 19.8 Å². The van der Waals surface area contributed by atoms with Gasteiger partial charge in [-0.25, -0.2) is 0 Å². The SMILES string of the molecule is C=CC[C@]1(Cl)C(OC)(OC)C(Cl)=C(Cl)[C@@]1(O)CC(=O)OCC. The molecule has 0 saturated carbocycles.